The van der Waals surface area contributed by atoms with Crippen molar-refractivity contribution in [1.82, 2.24) is 4.90 Å². The van der Waals surface area contributed by atoms with Crippen LogP contribution >= 0.6 is 0 Å². The number of carbonyl (C=O) groups is 1. The lowest BCUT2D eigenvalue weighted by atomic mass is 10.3. The Labute approximate surface area is 114 Å². The molecule has 1 aromatic rings. The minimum absolute atomic E-state index is 0.0841. The maximum absolute atomic E-state index is 12.0. The average molecular weight is 257 g/mol. The molecule has 1 aromatic carbocycles. The molecule has 0 saturated heterocycles. The van der Waals surface area contributed by atoms with Crippen LogP contribution in [0.5, 0.6) is 5.75 Å². The second-order valence-electron chi connectivity index (χ2n) is 4.83. The van der Waals surface area contributed by atoms with Gasteiger partial charge in [-0.1, -0.05) is 24.1 Å². The van der Waals surface area contributed by atoms with Gasteiger partial charge in [0.15, 0.2) is 0 Å². The Morgan fingerprint density at radius 3 is 2.74 bits per heavy atom. The van der Waals surface area contributed by atoms with E-state index in [-0.39, 0.29) is 5.91 Å². The van der Waals surface area contributed by atoms with E-state index in [9.17, 15) is 4.79 Å². The molecule has 1 fully saturated rings. The van der Waals surface area contributed by atoms with Crippen molar-refractivity contribution >= 4 is 5.91 Å². The van der Waals surface area contributed by atoms with Crippen molar-refractivity contribution in [3.05, 3.63) is 30.3 Å². The normalized spacial score (nSPS) is 13.6. The molecule has 100 valence electrons. The number of para-hydroxylation sites is 1. The molecule has 0 atom stereocenters. The third-order valence-corrected chi connectivity index (χ3v) is 3.14. The summed E-state index contributed by atoms with van der Waals surface area (Å²) in [4.78, 5) is 13.8. The number of hydrogen-bond acceptors (Lipinski definition) is 2. The van der Waals surface area contributed by atoms with Gasteiger partial charge in [-0.25, -0.2) is 0 Å². The number of carbonyl (C=O) groups excluding carboxylic acids is 1. The Kier molecular flexibility index (Phi) is 4.85. The minimum atomic E-state index is 0.0841. The van der Waals surface area contributed by atoms with Crippen LogP contribution in [0.4, 0.5) is 0 Å². The van der Waals surface area contributed by atoms with Crippen molar-refractivity contribution in [2.24, 2.45) is 5.92 Å². The van der Waals surface area contributed by atoms with Crippen LogP contribution in [-0.2, 0) is 4.79 Å². The van der Waals surface area contributed by atoms with E-state index in [4.69, 9.17) is 11.2 Å². The number of amides is 1. The zero-order chi connectivity index (χ0) is 13.5. The van der Waals surface area contributed by atoms with Crippen LogP contribution in [-0.4, -0.2) is 30.5 Å². The first-order valence-corrected chi connectivity index (χ1v) is 6.68. The minimum Gasteiger partial charge on any atom is -0.493 e. The Morgan fingerprint density at radius 2 is 2.11 bits per heavy atom. The Balaban J connectivity index is 1.74. The van der Waals surface area contributed by atoms with Gasteiger partial charge in [-0.3, -0.25) is 4.79 Å². The van der Waals surface area contributed by atoms with E-state index < -0.39 is 0 Å². The van der Waals surface area contributed by atoms with Gasteiger partial charge in [-0.15, -0.1) is 6.42 Å². The summed E-state index contributed by atoms with van der Waals surface area (Å²) >= 11 is 0. The molecule has 19 heavy (non-hydrogen) atoms. The smallest absolute Gasteiger partial charge is 0.226 e. The highest BCUT2D eigenvalue weighted by Crippen LogP contribution is 2.29. The molecule has 2 rings (SSSR count). The Bertz CT molecular complexity index is 446. The molecule has 0 unspecified atom stereocenters. The molecule has 1 saturated carbocycles. The lowest BCUT2D eigenvalue weighted by molar-refractivity contribution is -0.131. The maximum Gasteiger partial charge on any atom is 0.226 e. The Morgan fingerprint density at radius 1 is 1.37 bits per heavy atom. The van der Waals surface area contributed by atoms with Crippen molar-refractivity contribution in [3.63, 3.8) is 0 Å². The Hall–Kier alpha value is -1.95. The summed E-state index contributed by atoms with van der Waals surface area (Å²) in [6, 6.07) is 9.52. The summed E-state index contributed by atoms with van der Waals surface area (Å²) in [5.74, 6) is 4.09. The fraction of sp³-hybridized carbons (Fsp3) is 0.438. The summed E-state index contributed by atoms with van der Waals surface area (Å²) in [5, 5.41) is 0. The number of benzene rings is 1. The first kappa shape index (κ1) is 13.5. The standard InChI is InChI=1S/C16H19NO2/c1-2-11-17(13-14-8-9-14)16(18)10-12-19-15-6-4-3-5-7-15/h1,3-7,14H,8-13H2. The van der Waals surface area contributed by atoms with Gasteiger partial charge < -0.3 is 9.64 Å². The van der Waals surface area contributed by atoms with Crippen molar-refractivity contribution in [3.8, 4) is 18.1 Å². The van der Waals surface area contributed by atoms with Gasteiger partial charge in [-0.05, 0) is 30.9 Å². The molecule has 0 aromatic heterocycles. The van der Waals surface area contributed by atoms with Crippen LogP contribution in [0, 0.1) is 18.3 Å². The first-order chi connectivity index (χ1) is 9.29. The summed E-state index contributed by atoms with van der Waals surface area (Å²) in [6.07, 6.45) is 8.12. The van der Waals surface area contributed by atoms with Crippen molar-refractivity contribution in [2.45, 2.75) is 19.3 Å². The SMILES string of the molecule is C#CCN(CC1CC1)C(=O)CCOc1ccccc1. The van der Waals surface area contributed by atoms with E-state index in [1.165, 1.54) is 12.8 Å². The molecular formula is C16H19NO2. The first-order valence-electron chi connectivity index (χ1n) is 6.68. The highest BCUT2D eigenvalue weighted by Gasteiger charge is 2.26. The molecule has 0 aliphatic heterocycles. The van der Waals surface area contributed by atoms with Gasteiger partial charge in [0.25, 0.3) is 0 Å². The largest absolute Gasteiger partial charge is 0.493 e. The molecule has 0 spiro atoms. The van der Waals surface area contributed by atoms with Gasteiger partial charge in [0, 0.05) is 6.54 Å². The van der Waals surface area contributed by atoms with E-state index in [1.54, 1.807) is 4.90 Å². The molecule has 1 aliphatic rings. The van der Waals surface area contributed by atoms with Crippen molar-refractivity contribution in [1.29, 1.82) is 0 Å². The van der Waals surface area contributed by atoms with Gasteiger partial charge in [0.05, 0.1) is 19.6 Å². The fourth-order valence-electron chi connectivity index (χ4n) is 1.91. The molecule has 0 heterocycles. The predicted octanol–water partition coefficient (Wildman–Crippen LogP) is 2.33. The summed E-state index contributed by atoms with van der Waals surface area (Å²) in [7, 11) is 0. The maximum atomic E-state index is 12.0. The lowest BCUT2D eigenvalue weighted by Crippen LogP contribution is -2.34. The third-order valence-electron chi connectivity index (χ3n) is 3.14. The topological polar surface area (TPSA) is 29.5 Å². The quantitative estimate of drug-likeness (QED) is 0.702. The molecule has 0 bridgehead atoms. The zero-order valence-electron chi connectivity index (χ0n) is 11.0. The monoisotopic (exact) mass is 257 g/mol. The summed E-state index contributed by atoms with van der Waals surface area (Å²) in [6.45, 7) is 1.60. The number of terminal acetylenes is 1. The van der Waals surface area contributed by atoms with Gasteiger partial charge >= 0.3 is 0 Å². The predicted molar refractivity (Wildman–Crippen MR) is 74.7 cm³/mol. The number of nitrogens with zero attached hydrogens (tertiary/aromatic N) is 1. The molecule has 3 nitrogen and oxygen atoms in total. The van der Waals surface area contributed by atoms with Crippen LogP contribution in [0.2, 0.25) is 0 Å². The molecule has 0 N–H and O–H groups in total. The third kappa shape index (κ3) is 4.67. The van der Waals surface area contributed by atoms with Crippen molar-refractivity contribution < 1.29 is 9.53 Å². The summed E-state index contributed by atoms with van der Waals surface area (Å²) < 4.78 is 5.53. The average Bonchev–Trinajstić information content (AvgIpc) is 3.23. The lowest BCUT2D eigenvalue weighted by Gasteiger charge is -2.20. The van der Waals surface area contributed by atoms with Crippen LogP contribution in [0.3, 0.4) is 0 Å². The molecule has 3 heteroatoms. The van der Waals surface area contributed by atoms with E-state index in [0.29, 0.717) is 25.5 Å². The van der Waals surface area contributed by atoms with Crippen LogP contribution in [0.25, 0.3) is 0 Å². The molecule has 0 radical (unpaired) electrons. The molecule has 1 amide bonds. The highest BCUT2D eigenvalue weighted by atomic mass is 16.5. The van der Waals surface area contributed by atoms with Gasteiger partial charge in [0.1, 0.15) is 5.75 Å². The van der Waals surface area contributed by atoms with Crippen LogP contribution in [0.1, 0.15) is 19.3 Å². The molecule has 1 aliphatic carbocycles. The van der Waals surface area contributed by atoms with E-state index in [1.807, 2.05) is 30.3 Å². The number of rotatable bonds is 7. The zero-order valence-corrected chi connectivity index (χ0v) is 11.0. The number of ether oxygens (including phenoxy) is 1. The van der Waals surface area contributed by atoms with Gasteiger partial charge in [0.2, 0.25) is 5.91 Å². The van der Waals surface area contributed by atoms with E-state index in [2.05, 4.69) is 5.92 Å². The van der Waals surface area contributed by atoms with Crippen molar-refractivity contribution in [2.75, 3.05) is 19.7 Å². The highest BCUT2D eigenvalue weighted by molar-refractivity contribution is 5.76. The van der Waals surface area contributed by atoms with E-state index >= 15 is 0 Å². The second-order valence-corrected chi connectivity index (χ2v) is 4.83. The number of hydrogen-bond donors (Lipinski definition) is 0. The second kappa shape index (κ2) is 6.84. The fourth-order valence-corrected chi connectivity index (χ4v) is 1.91. The summed E-state index contributed by atoms with van der Waals surface area (Å²) in [5.41, 5.74) is 0. The van der Waals surface area contributed by atoms with Crippen LogP contribution < -0.4 is 4.74 Å². The molecular weight excluding hydrogens is 238 g/mol. The van der Waals surface area contributed by atoms with Crippen LogP contribution in [0.15, 0.2) is 30.3 Å². The van der Waals surface area contributed by atoms with Gasteiger partial charge in [-0.2, -0.15) is 0 Å². The van der Waals surface area contributed by atoms with E-state index in [0.717, 1.165) is 12.3 Å².